The number of nitrogens with zero attached hydrogens (tertiary/aromatic N) is 5. The molecule has 0 amide bonds. The van der Waals surface area contributed by atoms with Gasteiger partial charge in [-0.3, -0.25) is 13.8 Å². The molecular weight excluding hydrogens is 482 g/mol. The lowest BCUT2D eigenvalue weighted by Gasteiger charge is -2.11. The predicted molar refractivity (Wildman–Crippen MR) is 137 cm³/mol. The van der Waals surface area contributed by atoms with E-state index in [9.17, 15) is 4.79 Å². The van der Waals surface area contributed by atoms with Crippen LogP contribution in [0.3, 0.4) is 0 Å². The van der Waals surface area contributed by atoms with Crippen molar-refractivity contribution in [1.82, 2.24) is 24.1 Å². The molecule has 0 saturated heterocycles. The van der Waals surface area contributed by atoms with Gasteiger partial charge in [0.2, 0.25) is 11.7 Å². The van der Waals surface area contributed by atoms with E-state index in [-0.39, 0.29) is 5.56 Å². The van der Waals surface area contributed by atoms with Crippen LogP contribution in [0.5, 0.6) is 0 Å². The Hall–Kier alpha value is -3.88. The van der Waals surface area contributed by atoms with E-state index in [4.69, 9.17) is 16.0 Å². The van der Waals surface area contributed by atoms with Crippen LogP contribution in [0.15, 0.2) is 99.4 Å². The van der Waals surface area contributed by atoms with E-state index in [1.807, 2.05) is 83.3 Å². The van der Waals surface area contributed by atoms with E-state index < -0.39 is 0 Å². The largest absolute Gasteiger partial charge is 0.440 e. The molecule has 3 heterocycles. The minimum atomic E-state index is -0.0961. The van der Waals surface area contributed by atoms with Crippen LogP contribution in [0.2, 0.25) is 5.02 Å². The fraction of sp³-hybridized carbons (Fsp3) is 0.0769. The van der Waals surface area contributed by atoms with Crippen molar-refractivity contribution in [3.8, 4) is 11.3 Å². The van der Waals surface area contributed by atoms with Crippen LogP contribution in [0.1, 0.15) is 11.5 Å². The molecule has 0 aliphatic rings. The first-order valence-electron chi connectivity index (χ1n) is 10.9. The summed E-state index contributed by atoms with van der Waals surface area (Å²) in [7, 11) is 0. The Morgan fingerprint density at radius 2 is 1.69 bits per heavy atom. The van der Waals surface area contributed by atoms with Crippen LogP contribution >= 0.6 is 23.4 Å². The molecule has 0 spiro atoms. The van der Waals surface area contributed by atoms with E-state index in [2.05, 4.69) is 15.2 Å². The zero-order valence-corrected chi connectivity index (χ0v) is 19.9. The van der Waals surface area contributed by atoms with Crippen LogP contribution < -0.4 is 5.56 Å². The van der Waals surface area contributed by atoms with Gasteiger partial charge in [0, 0.05) is 10.6 Å². The molecule has 6 aromatic rings. The molecule has 0 atom stereocenters. The van der Waals surface area contributed by atoms with Crippen LogP contribution in [0.25, 0.3) is 28.0 Å². The molecule has 3 aromatic carbocycles. The molecule has 0 aliphatic carbocycles. The molecule has 35 heavy (non-hydrogen) atoms. The maximum absolute atomic E-state index is 13.3. The molecule has 0 N–H and O–H groups in total. The van der Waals surface area contributed by atoms with Crippen molar-refractivity contribution in [2.75, 3.05) is 0 Å². The highest BCUT2D eigenvalue weighted by molar-refractivity contribution is 7.98. The van der Waals surface area contributed by atoms with Crippen molar-refractivity contribution in [1.29, 1.82) is 0 Å². The Morgan fingerprint density at radius 3 is 2.51 bits per heavy atom. The Balaban J connectivity index is 1.36. The Bertz CT molecular complexity index is 1710. The van der Waals surface area contributed by atoms with Gasteiger partial charge in [-0.25, -0.2) is 4.98 Å². The SMILES string of the molecule is O=c1c2ccccc2n2c(SCc3ncc(-c4ccc(Cl)cc4)o3)nnc2n1Cc1ccccc1. The van der Waals surface area contributed by atoms with E-state index in [0.717, 1.165) is 16.6 Å². The highest BCUT2D eigenvalue weighted by Crippen LogP contribution is 2.27. The second-order valence-electron chi connectivity index (χ2n) is 7.93. The summed E-state index contributed by atoms with van der Waals surface area (Å²) >= 11 is 7.43. The molecule has 6 rings (SSSR count). The monoisotopic (exact) mass is 499 g/mol. The van der Waals surface area contributed by atoms with Gasteiger partial charge >= 0.3 is 0 Å². The summed E-state index contributed by atoms with van der Waals surface area (Å²) < 4.78 is 9.53. The highest BCUT2D eigenvalue weighted by Gasteiger charge is 2.18. The summed E-state index contributed by atoms with van der Waals surface area (Å²) in [6.07, 6.45) is 1.70. The number of oxazole rings is 1. The predicted octanol–water partition coefficient (Wildman–Crippen LogP) is 5.69. The fourth-order valence-corrected chi connectivity index (χ4v) is 4.91. The summed E-state index contributed by atoms with van der Waals surface area (Å²) in [5.74, 6) is 2.19. The van der Waals surface area contributed by atoms with Crippen molar-refractivity contribution in [2.24, 2.45) is 0 Å². The van der Waals surface area contributed by atoms with E-state index in [1.165, 1.54) is 11.8 Å². The Labute approximate surface area is 209 Å². The van der Waals surface area contributed by atoms with Gasteiger partial charge in [0.05, 0.1) is 29.4 Å². The van der Waals surface area contributed by atoms with Crippen molar-refractivity contribution >= 4 is 40.0 Å². The highest BCUT2D eigenvalue weighted by atomic mass is 35.5. The van der Waals surface area contributed by atoms with E-state index in [1.54, 1.807) is 10.8 Å². The Morgan fingerprint density at radius 1 is 0.914 bits per heavy atom. The summed E-state index contributed by atoms with van der Waals surface area (Å²) in [5, 5.41) is 10.7. The first kappa shape index (κ1) is 21.6. The quantitative estimate of drug-likeness (QED) is 0.274. The number of aromatic nitrogens is 5. The first-order valence-corrected chi connectivity index (χ1v) is 12.3. The maximum Gasteiger partial charge on any atom is 0.263 e. The third-order valence-electron chi connectivity index (χ3n) is 5.67. The topological polar surface area (TPSA) is 78.2 Å². The molecule has 0 aliphatic heterocycles. The van der Waals surface area contributed by atoms with Crippen LogP contribution in [-0.2, 0) is 12.3 Å². The third-order valence-corrected chi connectivity index (χ3v) is 6.83. The molecule has 172 valence electrons. The molecule has 7 nitrogen and oxygen atoms in total. The number of rotatable bonds is 6. The molecule has 0 saturated carbocycles. The number of benzene rings is 3. The number of halogens is 1. The van der Waals surface area contributed by atoms with Gasteiger partial charge in [-0.15, -0.1) is 10.2 Å². The second-order valence-corrected chi connectivity index (χ2v) is 9.30. The van der Waals surface area contributed by atoms with Crippen molar-refractivity contribution in [2.45, 2.75) is 17.5 Å². The number of fused-ring (bicyclic) bond motifs is 3. The van der Waals surface area contributed by atoms with Gasteiger partial charge in [0.1, 0.15) is 0 Å². The van der Waals surface area contributed by atoms with Gasteiger partial charge < -0.3 is 4.42 Å². The molecule has 0 bridgehead atoms. The summed E-state index contributed by atoms with van der Waals surface area (Å²) in [6, 6.07) is 24.8. The lowest BCUT2D eigenvalue weighted by atomic mass is 10.2. The molecule has 9 heteroatoms. The molecule has 0 unspecified atom stereocenters. The summed E-state index contributed by atoms with van der Waals surface area (Å²) in [4.78, 5) is 17.7. The minimum Gasteiger partial charge on any atom is -0.440 e. The third kappa shape index (κ3) is 4.11. The van der Waals surface area contributed by atoms with Crippen LogP contribution in [0.4, 0.5) is 0 Å². The maximum atomic E-state index is 13.3. The van der Waals surface area contributed by atoms with Crippen molar-refractivity contribution in [3.05, 3.63) is 112 Å². The number of para-hydroxylation sites is 1. The normalized spacial score (nSPS) is 11.5. The first-order chi connectivity index (χ1) is 17.2. The average Bonchev–Trinajstić information content (AvgIpc) is 3.54. The van der Waals surface area contributed by atoms with Crippen LogP contribution in [0, 0.1) is 0 Å². The molecule has 0 radical (unpaired) electrons. The zero-order chi connectivity index (χ0) is 23.8. The zero-order valence-electron chi connectivity index (χ0n) is 18.3. The number of hydrogen-bond donors (Lipinski definition) is 0. The fourth-order valence-electron chi connectivity index (χ4n) is 3.99. The lowest BCUT2D eigenvalue weighted by molar-refractivity contribution is 0.530. The smallest absolute Gasteiger partial charge is 0.263 e. The second kappa shape index (κ2) is 9.05. The van der Waals surface area contributed by atoms with Gasteiger partial charge in [0.15, 0.2) is 10.9 Å². The van der Waals surface area contributed by atoms with Crippen molar-refractivity contribution < 1.29 is 4.42 Å². The van der Waals surface area contributed by atoms with Gasteiger partial charge in [-0.2, -0.15) is 0 Å². The average molecular weight is 500 g/mol. The lowest BCUT2D eigenvalue weighted by Crippen LogP contribution is -2.24. The Kier molecular flexibility index (Phi) is 5.60. The van der Waals surface area contributed by atoms with Gasteiger partial charge in [0.25, 0.3) is 5.56 Å². The van der Waals surface area contributed by atoms with Crippen LogP contribution in [-0.4, -0.2) is 24.1 Å². The molecular formula is C26H18ClN5O2S. The molecule has 3 aromatic heterocycles. The summed E-state index contributed by atoms with van der Waals surface area (Å²) in [6.45, 7) is 0.404. The minimum absolute atomic E-state index is 0.0961. The van der Waals surface area contributed by atoms with E-state index >= 15 is 0 Å². The molecule has 0 fully saturated rings. The van der Waals surface area contributed by atoms with Gasteiger partial charge in [-0.05, 0) is 42.0 Å². The van der Waals surface area contributed by atoms with E-state index in [0.29, 0.717) is 45.3 Å². The number of hydrogen-bond acceptors (Lipinski definition) is 6. The van der Waals surface area contributed by atoms with Gasteiger partial charge in [-0.1, -0.05) is 65.8 Å². The summed E-state index contributed by atoms with van der Waals surface area (Å²) in [5.41, 5.74) is 2.58. The standard InChI is InChI=1S/C26H18ClN5O2S/c27-19-12-10-18(11-13-19)22-14-28-23(34-22)16-35-26-30-29-25-31(15-17-6-2-1-3-7-17)24(33)20-8-4-5-9-21(20)32(25)26/h1-14H,15-16H2. The number of thioether (sulfide) groups is 1. The van der Waals surface area contributed by atoms with Crippen molar-refractivity contribution in [3.63, 3.8) is 0 Å².